The number of hydrogen-bond acceptors (Lipinski definition) is 7. The van der Waals surface area contributed by atoms with Crippen molar-refractivity contribution < 1.29 is 9.18 Å². The molecule has 0 aliphatic rings. The average molecular weight is 532 g/mol. The van der Waals surface area contributed by atoms with E-state index in [0.717, 1.165) is 5.56 Å². The lowest BCUT2D eigenvalue weighted by molar-refractivity contribution is 0.0941. The zero-order valence-corrected chi connectivity index (χ0v) is 21.5. The fraction of sp³-hybridized carbons (Fsp3) is 0.103. The maximum absolute atomic E-state index is 13.8. The molecule has 0 aliphatic carbocycles. The van der Waals surface area contributed by atoms with Crippen molar-refractivity contribution in [1.82, 2.24) is 39.7 Å². The maximum Gasteiger partial charge on any atom is 0.259 e. The number of fused-ring (bicyclic) bond motifs is 2. The Hall–Kier alpha value is -5.63. The Bertz CT molecular complexity index is 1970. The molecule has 10 nitrogen and oxygen atoms in total. The monoisotopic (exact) mass is 531 g/mol. The normalized spacial score (nSPS) is 11.8. The van der Waals surface area contributed by atoms with Crippen molar-refractivity contribution in [3.8, 4) is 23.1 Å². The molecular weight excluding hydrogens is 509 g/mol. The van der Waals surface area contributed by atoms with Crippen LogP contribution in [0.1, 0.15) is 40.1 Å². The van der Waals surface area contributed by atoms with Crippen molar-refractivity contribution in [2.24, 2.45) is 7.05 Å². The Morgan fingerprint density at radius 2 is 1.93 bits per heavy atom. The van der Waals surface area contributed by atoms with Crippen molar-refractivity contribution in [3.05, 3.63) is 102 Å². The number of aromatic nitrogens is 7. The molecule has 0 saturated heterocycles. The number of rotatable bonds is 4. The van der Waals surface area contributed by atoms with E-state index in [2.05, 4.69) is 32.3 Å². The van der Waals surface area contributed by atoms with Gasteiger partial charge in [-0.25, -0.2) is 23.9 Å². The highest BCUT2D eigenvalue weighted by Crippen LogP contribution is 2.29. The molecule has 2 aromatic carbocycles. The van der Waals surface area contributed by atoms with E-state index in [0.29, 0.717) is 39.2 Å². The maximum atomic E-state index is 13.8. The second kappa shape index (κ2) is 9.92. The molecule has 40 heavy (non-hydrogen) atoms. The SMILES string of the molecule is C[C@@H](NC(=O)c1c(N)nn2cccnc12)c1nc2cccc(C#Cc3cnn(C)c3)c2nc1-c1ccc(F)cc1. The van der Waals surface area contributed by atoms with Crippen molar-refractivity contribution >= 4 is 28.4 Å². The van der Waals surface area contributed by atoms with Crippen LogP contribution in [0.3, 0.4) is 0 Å². The summed E-state index contributed by atoms with van der Waals surface area (Å²) in [5, 5.41) is 11.3. The van der Waals surface area contributed by atoms with Crippen LogP contribution < -0.4 is 11.1 Å². The first-order chi connectivity index (χ1) is 19.4. The number of anilines is 1. The number of nitrogens with two attached hydrogens (primary N) is 1. The minimum atomic E-state index is -0.604. The molecule has 1 atom stereocenters. The Kier molecular flexibility index (Phi) is 6.12. The zero-order chi connectivity index (χ0) is 27.8. The Balaban J connectivity index is 1.44. The number of hydrogen-bond donors (Lipinski definition) is 2. The fourth-order valence-corrected chi connectivity index (χ4v) is 4.40. The van der Waals surface area contributed by atoms with E-state index in [-0.39, 0.29) is 17.2 Å². The quantitative estimate of drug-likeness (QED) is 0.332. The topological polar surface area (TPSA) is 129 Å². The predicted molar refractivity (Wildman–Crippen MR) is 147 cm³/mol. The number of benzene rings is 2. The van der Waals surface area contributed by atoms with Crippen LogP contribution in [-0.2, 0) is 7.05 Å². The van der Waals surface area contributed by atoms with E-state index >= 15 is 0 Å². The number of carbonyl (C=O) groups is 1. The second-order valence-electron chi connectivity index (χ2n) is 9.13. The first-order valence-corrected chi connectivity index (χ1v) is 12.3. The summed E-state index contributed by atoms with van der Waals surface area (Å²) in [7, 11) is 1.82. The summed E-state index contributed by atoms with van der Waals surface area (Å²) in [6.07, 6.45) is 6.73. The summed E-state index contributed by atoms with van der Waals surface area (Å²) in [6, 6.07) is 12.6. The van der Waals surface area contributed by atoms with Gasteiger partial charge in [-0.15, -0.1) is 5.10 Å². The molecule has 3 N–H and O–H groups in total. The molecule has 0 saturated carbocycles. The van der Waals surface area contributed by atoms with E-state index in [1.807, 2.05) is 31.4 Å². The number of nitrogen functional groups attached to an aromatic ring is 1. The minimum Gasteiger partial charge on any atom is -0.381 e. The van der Waals surface area contributed by atoms with Crippen LogP contribution in [-0.4, -0.2) is 40.3 Å². The van der Waals surface area contributed by atoms with Crippen LogP contribution in [0.2, 0.25) is 0 Å². The molecule has 6 aromatic rings. The summed E-state index contributed by atoms with van der Waals surface area (Å²) in [6.45, 7) is 1.79. The van der Waals surface area contributed by atoms with Gasteiger partial charge in [0.2, 0.25) is 0 Å². The number of nitrogens with zero attached hydrogens (tertiary/aromatic N) is 7. The van der Waals surface area contributed by atoms with Crippen LogP contribution in [0, 0.1) is 17.7 Å². The highest BCUT2D eigenvalue weighted by atomic mass is 19.1. The number of halogens is 1. The van der Waals surface area contributed by atoms with Gasteiger partial charge in [-0.2, -0.15) is 5.10 Å². The summed E-state index contributed by atoms with van der Waals surface area (Å²) >= 11 is 0. The third kappa shape index (κ3) is 4.58. The lowest BCUT2D eigenvalue weighted by Gasteiger charge is -2.18. The third-order valence-electron chi connectivity index (χ3n) is 6.29. The largest absolute Gasteiger partial charge is 0.381 e. The Morgan fingerprint density at radius 1 is 1.10 bits per heavy atom. The van der Waals surface area contributed by atoms with Gasteiger partial charge < -0.3 is 11.1 Å². The van der Waals surface area contributed by atoms with Crippen molar-refractivity contribution in [1.29, 1.82) is 0 Å². The van der Waals surface area contributed by atoms with Crippen LogP contribution in [0.15, 0.2) is 73.3 Å². The molecular formula is C29H22FN9O. The van der Waals surface area contributed by atoms with E-state index in [1.54, 1.807) is 48.4 Å². The van der Waals surface area contributed by atoms with Gasteiger partial charge in [0.1, 0.15) is 16.9 Å². The summed E-state index contributed by atoms with van der Waals surface area (Å²) in [5.41, 5.74) is 10.8. The average Bonchev–Trinajstić information content (AvgIpc) is 3.52. The van der Waals surface area contributed by atoms with E-state index in [9.17, 15) is 9.18 Å². The number of nitrogens with one attached hydrogen (secondary N) is 1. The van der Waals surface area contributed by atoms with Gasteiger partial charge in [0.15, 0.2) is 11.5 Å². The Morgan fingerprint density at radius 3 is 2.70 bits per heavy atom. The van der Waals surface area contributed by atoms with Gasteiger partial charge in [0, 0.05) is 31.2 Å². The number of amides is 1. The van der Waals surface area contributed by atoms with Gasteiger partial charge in [-0.05, 0) is 49.4 Å². The fourth-order valence-electron chi connectivity index (χ4n) is 4.40. The van der Waals surface area contributed by atoms with Gasteiger partial charge >= 0.3 is 0 Å². The van der Waals surface area contributed by atoms with Crippen LogP contribution >= 0.6 is 0 Å². The molecule has 196 valence electrons. The molecule has 0 fully saturated rings. The molecule has 0 bridgehead atoms. The molecule has 0 spiro atoms. The molecule has 0 aliphatic heterocycles. The first-order valence-electron chi connectivity index (χ1n) is 12.3. The molecule has 11 heteroatoms. The highest BCUT2D eigenvalue weighted by Gasteiger charge is 2.24. The highest BCUT2D eigenvalue weighted by molar-refractivity contribution is 6.04. The minimum absolute atomic E-state index is 0.0589. The van der Waals surface area contributed by atoms with Gasteiger partial charge in [0.05, 0.1) is 40.3 Å². The van der Waals surface area contributed by atoms with E-state index in [4.69, 9.17) is 15.7 Å². The zero-order valence-electron chi connectivity index (χ0n) is 21.5. The van der Waals surface area contributed by atoms with Crippen LogP contribution in [0.4, 0.5) is 10.2 Å². The molecule has 6 rings (SSSR count). The van der Waals surface area contributed by atoms with Crippen molar-refractivity contribution in [3.63, 3.8) is 0 Å². The van der Waals surface area contributed by atoms with Crippen molar-refractivity contribution in [2.45, 2.75) is 13.0 Å². The summed E-state index contributed by atoms with van der Waals surface area (Å²) in [5.74, 6) is 5.49. The third-order valence-corrected chi connectivity index (χ3v) is 6.29. The lowest BCUT2D eigenvalue weighted by Crippen LogP contribution is -2.28. The van der Waals surface area contributed by atoms with Crippen LogP contribution in [0.5, 0.6) is 0 Å². The van der Waals surface area contributed by atoms with Crippen LogP contribution in [0.25, 0.3) is 27.9 Å². The van der Waals surface area contributed by atoms with E-state index in [1.165, 1.54) is 16.6 Å². The summed E-state index contributed by atoms with van der Waals surface area (Å²) < 4.78 is 16.9. The van der Waals surface area contributed by atoms with Gasteiger partial charge in [-0.3, -0.25) is 9.48 Å². The molecule has 4 heterocycles. The smallest absolute Gasteiger partial charge is 0.259 e. The number of para-hydroxylation sites is 1. The molecule has 0 unspecified atom stereocenters. The molecule has 1 amide bonds. The van der Waals surface area contributed by atoms with E-state index < -0.39 is 11.9 Å². The standard InChI is InChI=1S/C29H22FN9O/c1-17(34-29(40)23-27(31)37-39-14-4-13-32-28(23)39)24-26(20-9-11-21(30)12-10-20)36-25-19(5-3-6-22(25)35-24)8-7-18-15-33-38(2)16-18/h3-6,9-17H,1-2H3,(H2,31,37)(H,34,40)/t17-/m1/s1. The second-order valence-corrected chi connectivity index (χ2v) is 9.13. The predicted octanol–water partition coefficient (Wildman–Crippen LogP) is 3.69. The summed E-state index contributed by atoms with van der Waals surface area (Å²) in [4.78, 5) is 27.4. The number of aryl methyl sites for hydroxylation is 1. The Labute approximate surface area is 227 Å². The van der Waals surface area contributed by atoms with Gasteiger partial charge in [-0.1, -0.05) is 17.9 Å². The number of carbonyl (C=O) groups excluding carboxylic acids is 1. The lowest BCUT2D eigenvalue weighted by atomic mass is 10.0. The first kappa shape index (κ1) is 24.7. The van der Waals surface area contributed by atoms with Gasteiger partial charge in [0.25, 0.3) is 5.91 Å². The van der Waals surface area contributed by atoms with Crippen molar-refractivity contribution in [2.75, 3.05) is 5.73 Å². The molecule has 0 radical (unpaired) electrons. The molecule has 4 aromatic heterocycles.